The second-order valence-electron chi connectivity index (χ2n) is 8.26. The summed E-state index contributed by atoms with van der Waals surface area (Å²) < 4.78 is 5.71. The van der Waals surface area contributed by atoms with Gasteiger partial charge in [-0.3, -0.25) is 0 Å². The average molecular weight is 468 g/mol. The van der Waals surface area contributed by atoms with Gasteiger partial charge in [-0.05, 0) is 24.3 Å². The third-order valence-corrected chi connectivity index (χ3v) is 6.51. The fraction of sp³-hybridized carbons (Fsp3) is 0.148. The van der Waals surface area contributed by atoms with Crippen LogP contribution in [0.1, 0.15) is 0 Å². The van der Waals surface area contributed by atoms with Crippen molar-refractivity contribution in [2.45, 2.75) is 0 Å². The number of anilines is 2. The number of halogens is 1. The van der Waals surface area contributed by atoms with Crippen molar-refractivity contribution in [2.24, 2.45) is 0 Å². The Morgan fingerprint density at radius 3 is 2.26 bits per heavy atom. The van der Waals surface area contributed by atoms with Gasteiger partial charge in [-0.1, -0.05) is 77.4 Å². The molecule has 5 aromatic rings. The van der Waals surface area contributed by atoms with E-state index in [4.69, 9.17) is 26.1 Å². The van der Waals surface area contributed by atoms with E-state index in [1.807, 2.05) is 72.8 Å². The van der Waals surface area contributed by atoms with Gasteiger partial charge in [0, 0.05) is 37.1 Å². The van der Waals surface area contributed by atoms with Gasteiger partial charge in [0.15, 0.2) is 0 Å². The molecule has 1 aliphatic rings. The normalized spacial score (nSPS) is 14.0. The molecule has 0 amide bonds. The van der Waals surface area contributed by atoms with Gasteiger partial charge >= 0.3 is 0 Å². The van der Waals surface area contributed by atoms with Crippen molar-refractivity contribution in [1.29, 1.82) is 0 Å². The van der Waals surface area contributed by atoms with E-state index in [1.54, 1.807) is 0 Å². The van der Waals surface area contributed by atoms with Crippen molar-refractivity contribution in [2.75, 3.05) is 36.0 Å². The van der Waals surface area contributed by atoms with Gasteiger partial charge in [0.05, 0.1) is 21.8 Å². The van der Waals surface area contributed by atoms with Crippen LogP contribution in [0.3, 0.4) is 0 Å². The maximum Gasteiger partial charge on any atom is 0.259 e. The minimum absolute atomic E-state index is 0.494. The third-order valence-electron chi connectivity index (χ3n) is 6.19. The maximum absolute atomic E-state index is 6.42. The summed E-state index contributed by atoms with van der Waals surface area (Å²) in [6.45, 7) is 3.42. The zero-order valence-corrected chi connectivity index (χ0v) is 19.2. The summed E-state index contributed by atoms with van der Waals surface area (Å²) in [4.78, 5) is 14.3. The topological polar surface area (TPSA) is 58.3 Å². The number of fused-ring (bicyclic) bond motifs is 1. The van der Waals surface area contributed by atoms with Crippen LogP contribution in [0.15, 0.2) is 89.5 Å². The molecule has 0 saturated carbocycles. The Hall–Kier alpha value is -3.90. The zero-order valence-electron chi connectivity index (χ0n) is 18.4. The molecule has 0 unspecified atom stereocenters. The minimum atomic E-state index is 0.494. The standard InChI is InChI=1S/C27H22ClN5O/c28-22-11-5-7-13-24(22)32-14-16-33(17-15-32)25-18-21(20-10-4-6-12-23(20)29-25)27-30-26(31-34-27)19-8-2-1-3-9-19/h1-13,18H,14-17H2. The maximum atomic E-state index is 6.42. The highest BCUT2D eigenvalue weighted by atomic mass is 35.5. The van der Waals surface area contributed by atoms with Crippen LogP contribution in [0.4, 0.5) is 11.5 Å². The Balaban J connectivity index is 1.32. The van der Waals surface area contributed by atoms with Crippen molar-refractivity contribution in [1.82, 2.24) is 15.1 Å². The van der Waals surface area contributed by atoms with Gasteiger partial charge in [0.25, 0.3) is 5.89 Å². The highest BCUT2D eigenvalue weighted by Gasteiger charge is 2.22. The molecule has 1 aliphatic heterocycles. The van der Waals surface area contributed by atoms with Gasteiger partial charge in [-0.25, -0.2) is 4.98 Å². The molecule has 1 saturated heterocycles. The molecule has 2 aromatic heterocycles. The van der Waals surface area contributed by atoms with Gasteiger partial charge < -0.3 is 14.3 Å². The van der Waals surface area contributed by atoms with E-state index in [1.165, 1.54) is 0 Å². The lowest BCUT2D eigenvalue weighted by molar-refractivity contribution is 0.432. The van der Waals surface area contributed by atoms with E-state index in [2.05, 4.69) is 27.1 Å². The van der Waals surface area contributed by atoms with Gasteiger partial charge in [0.1, 0.15) is 5.82 Å². The number of rotatable bonds is 4. The van der Waals surface area contributed by atoms with Crippen LogP contribution in [0.2, 0.25) is 5.02 Å². The van der Waals surface area contributed by atoms with Crippen LogP contribution in [0.5, 0.6) is 0 Å². The fourth-order valence-electron chi connectivity index (χ4n) is 4.42. The van der Waals surface area contributed by atoms with E-state index in [-0.39, 0.29) is 0 Å². The number of pyridine rings is 1. The number of para-hydroxylation sites is 2. The van der Waals surface area contributed by atoms with E-state index in [9.17, 15) is 0 Å². The summed E-state index contributed by atoms with van der Waals surface area (Å²) in [6, 6.07) is 28.0. The second-order valence-corrected chi connectivity index (χ2v) is 8.67. The zero-order chi connectivity index (χ0) is 22.9. The lowest BCUT2D eigenvalue weighted by Crippen LogP contribution is -2.47. The molecule has 0 spiro atoms. The van der Waals surface area contributed by atoms with Crippen LogP contribution in [0.25, 0.3) is 33.7 Å². The summed E-state index contributed by atoms with van der Waals surface area (Å²) in [5, 5.41) is 6.00. The molecule has 0 atom stereocenters. The Morgan fingerprint density at radius 1 is 0.735 bits per heavy atom. The van der Waals surface area contributed by atoms with Crippen LogP contribution in [0, 0.1) is 0 Å². The average Bonchev–Trinajstić information content (AvgIpc) is 3.39. The molecule has 0 aliphatic carbocycles. The highest BCUT2D eigenvalue weighted by molar-refractivity contribution is 6.33. The first-order chi connectivity index (χ1) is 16.8. The Kier molecular flexibility index (Phi) is 5.35. The molecule has 3 aromatic carbocycles. The summed E-state index contributed by atoms with van der Waals surface area (Å²) in [7, 11) is 0. The Morgan fingerprint density at radius 2 is 1.44 bits per heavy atom. The van der Waals surface area contributed by atoms with Gasteiger partial charge in [-0.15, -0.1) is 0 Å². The molecule has 1 fully saturated rings. The van der Waals surface area contributed by atoms with Crippen LogP contribution in [-0.4, -0.2) is 41.3 Å². The molecule has 0 N–H and O–H groups in total. The van der Waals surface area contributed by atoms with Crippen molar-refractivity contribution in [3.8, 4) is 22.8 Å². The van der Waals surface area contributed by atoms with E-state index >= 15 is 0 Å². The summed E-state index contributed by atoms with van der Waals surface area (Å²) >= 11 is 6.42. The lowest BCUT2D eigenvalue weighted by Gasteiger charge is -2.37. The molecule has 34 heavy (non-hydrogen) atoms. The van der Waals surface area contributed by atoms with Crippen molar-refractivity contribution < 1.29 is 4.52 Å². The van der Waals surface area contributed by atoms with E-state index in [0.29, 0.717) is 11.7 Å². The number of aromatic nitrogens is 3. The first-order valence-electron chi connectivity index (χ1n) is 11.3. The SMILES string of the molecule is Clc1ccccc1N1CCN(c2cc(-c3nc(-c4ccccc4)no3)c3ccccc3n2)CC1. The van der Waals surface area contributed by atoms with Gasteiger partial charge in [0.2, 0.25) is 5.82 Å². The molecule has 7 heteroatoms. The van der Waals surface area contributed by atoms with E-state index < -0.39 is 0 Å². The monoisotopic (exact) mass is 467 g/mol. The first kappa shape index (κ1) is 20.7. The third kappa shape index (κ3) is 3.86. The summed E-state index contributed by atoms with van der Waals surface area (Å²) in [6.07, 6.45) is 0. The number of benzene rings is 3. The largest absolute Gasteiger partial charge is 0.367 e. The van der Waals surface area contributed by atoms with Crippen molar-refractivity contribution in [3.05, 3.63) is 90.0 Å². The molecule has 0 radical (unpaired) electrons. The number of hydrogen-bond donors (Lipinski definition) is 0. The summed E-state index contributed by atoms with van der Waals surface area (Å²) in [5.74, 6) is 1.98. The molecule has 3 heterocycles. The Labute approximate surface area is 202 Å². The smallest absolute Gasteiger partial charge is 0.259 e. The van der Waals surface area contributed by atoms with Crippen molar-refractivity contribution >= 4 is 34.0 Å². The molecular weight excluding hydrogens is 446 g/mol. The van der Waals surface area contributed by atoms with Crippen molar-refractivity contribution in [3.63, 3.8) is 0 Å². The molecule has 6 nitrogen and oxygen atoms in total. The summed E-state index contributed by atoms with van der Waals surface area (Å²) in [5.41, 5.74) is 3.80. The molecule has 0 bridgehead atoms. The van der Waals surface area contributed by atoms with Crippen LogP contribution >= 0.6 is 11.6 Å². The second kappa shape index (κ2) is 8.80. The quantitative estimate of drug-likeness (QED) is 0.326. The first-order valence-corrected chi connectivity index (χ1v) is 11.7. The Bertz CT molecular complexity index is 1440. The lowest BCUT2D eigenvalue weighted by atomic mass is 10.1. The molecule has 6 rings (SSSR count). The van der Waals surface area contributed by atoms with Gasteiger partial charge in [-0.2, -0.15) is 4.98 Å². The van der Waals surface area contributed by atoms with E-state index in [0.717, 1.165) is 64.7 Å². The highest BCUT2D eigenvalue weighted by Crippen LogP contribution is 2.33. The number of piperazine rings is 1. The van der Waals surface area contributed by atoms with Crippen LogP contribution < -0.4 is 9.80 Å². The molecule has 168 valence electrons. The number of hydrogen-bond acceptors (Lipinski definition) is 6. The van der Waals surface area contributed by atoms with Crippen LogP contribution in [-0.2, 0) is 0 Å². The predicted molar refractivity (Wildman–Crippen MR) is 136 cm³/mol. The fourth-order valence-corrected chi connectivity index (χ4v) is 4.68. The minimum Gasteiger partial charge on any atom is -0.367 e. The number of nitrogens with zero attached hydrogens (tertiary/aromatic N) is 5. The molecular formula is C27H22ClN5O. The predicted octanol–water partition coefficient (Wildman–Crippen LogP) is 5.93.